The fourth-order valence-corrected chi connectivity index (χ4v) is 2.52. The molecule has 0 bridgehead atoms. The molecule has 6 heteroatoms. The molecule has 5 nitrogen and oxygen atoms in total. The maximum atomic E-state index is 9.31. The highest BCUT2D eigenvalue weighted by Crippen LogP contribution is 2.32. The first kappa shape index (κ1) is 11.8. The molecule has 0 amide bonds. The highest BCUT2D eigenvalue weighted by Gasteiger charge is 2.14. The molecule has 18 heavy (non-hydrogen) atoms. The van der Waals surface area contributed by atoms with Crippen LogP contribution >= 0.6 is 22.6 Å². The first-order valence-electron chi connectivity index (χ1n) is 5.47. The summed E-state index contributed by atoms with van der Waals surface area (Å²) >= 11 is 2.12. The zero-order valence-electron chi connectivity index (χ0n) is 9.47. The summed E-state index contributed by atoms with van der Waals surface area (Å²) in [5.74, 6) is 1.55. The molecule has 0 fully saturated rings. The molecule has 94 valence electrons. The van der Waals surface area contributed by atoms with E-state index in [1.807, 2.05) is 22.8 Å². The number of halogens is 1. The molecular weight excluding hydrogens is 347 g/mol. The standard InChI is InChI=1S/C12H11IN2O3/c13-12-9(5-16)15(6-14-12)4-8-1-2-10-11(3-8)18-7-17-10/h1-3,6,16H,4-5,7H2. The summed E-state index contributed by atoms with van der Waals surface area (Å²) in [7, 11) is 0. The van der Waals surface area contributed by atoms with Gasteiger partial charge in [0.25, 0.3) is 0 Å². The lowest BCUT2D eigenvalue weighted by molar-refractivity contribution is 0.174. The Kier molecular flexibility index (Phi) is 3.13. The Hall–Kier alpha value is -1.28. The lowest BCUT2D eigenvalue weighted by atomic mass is 10.2. The molecule has 0 unspecified atom stereocenters. The first-order chi connectivity index (χ1) is 8.78. The van der Waals surface area contributed by atoms with Crippen LogP contribution in [0.4, 0.5) is 0 Å². The van der Waals surface area contributed by atoms with Gasteiger partial charge in [0.05, 0.1) is 18.6 Å². The van der Waals surface area contributed by atoms with Crippen molar-refractivity contribution in [2.24, 2.45) is 0 Å². The van der Waals surface area contributed by atoms with Gasteiger partial charge in [-0.05, 0) is 40.3 Å². The molecule has 0 saturated carbocycles. The van der Waals surface area contributed by atoms with Gasteiger partial charge < -0.3 is 19.1 Å². The topological polar surface area (TPSA) is 56.5 Å². The quantitative estimate of drug-likeness (QED) is 0.850. The highest BCUT2D eigenvalue weighted by molar-refractivity contribution is 14.1. The fraction of sp³-hybridized carbons (Fsp3) is 0.250. The van der Waals surface area contributed by atoms with E-state index in [0.717, 1.165) is 26.5 Å². The summed E-state index contributed by atoms with van der Waals surface area (Å²) in [6.45, 7) is 0.926. The van der Waals surface area contributed by atoms with Crippen molar-refractivity contribution in [1.29, 1.82) is 0 Å². The minimum absolute atomic E-state index is 0.0111. The van der Waals surface area contributed by atoms with Crippen LogP contribution in [-0.4, -0.2) is 21.5 Å². The Balaban J connectivity index is 1.88. The van der Waals surface area contributed by atoms with Gasteiger partial charge in [0.1, 0.15) is 3.70 Å². The average molecular weight is 358 g/mol. The highest BCUT2D eigenvalue weighted by atomic mass is 127. The second kappa shape index (κ2) is 4.77. The van der Waals surface area contributed by atoms with Gasteiger partial charge in [-0.15, -0.1) is 0 Å². The van der Waals surface area contributed by atoms with Gasteiger partial charge >= 0.3 is 0 Å². The molecule has 1 aliphatic heterocycles. The van der Waals surface area contributed by atoms with Crippen molar-refractivity contribution in [3.05, 3.63) is 39.5 Å². The molecule has 1 N–H and O–H groups in total. The predicted octanol–water partition coefficient (Wildman–Crippen LogP) is 1.76. The second-order valence-electron chi connectivity index (χ2n) is 3.96. The number of aliphatic hydroxyl groups is 1. The normalized spacial score (nSPS) is 13.0. The number of hydrogen-bond donors (Lipinski definition) is 1. The van der Waals surface area contributed by atoms with E-state index in [-0.39, 0.29) is 13.4 Å². The number of fused-ring (bicyclic) bond motifs is 1. The van der Waals surface area contributed by atoms with E-state index >= 15 is 0 Å². The number of aliphatic hydroxyl groups excluding tert-OH is 1. The van der Waals surface area contributed by atoms with Crippen molar-refractivity contribution < 1.29 is 14.6 Å². The van der Waals surface area contributed by atoms with Crippen LogP contribution in [0, 0.1) is 3.70 Å². The summed E-state index contributed by atoms with van der Waals surface area (Å²) in [6, 6.07) is 5.84. The number of aromatic nitrogens is 2. The van der Waals surface area contributed by atoms with Gasteiger partial charge in [-0.2, -0.15) is 0 Å². The van der Waals surface area contributed by atoms with E-state index < -0.39 is 0 Å². The van der Waals surface area contributed by atoms with Gasteiger partial charge in [-0.3, -0.25) is 0 Å². The van der Waals surface area contributed by atoms with Crippen molar-refractivity contribution >= 4 is 22.6 Å². The summed E-state index contributed by atoms with van der Waals surface area (Å²) < 4.78 is 13.4. The van der Waals surface area contributed by atoms with Crippen LogP contribution < -0.4 is 9.47 Å². The Morgan fingerprint density at radius 3 is 3.00 bits per heavy atom. The SMILES string of the molecule is OCc1c(I)ncn1Cc1ccc2c(c1)OCO2. The lowest BCUT2D eigenvalue weighted by Gasteiger charge is -2.07. The molecule has 0 atom stereocenters. The van der Waals surface area contributed by atoms with E-state index in [1.54, 1.807) is 6.33 Å². The van der Waals surface area contributed by atoms with Crippen molar-refractivity contribution in [2.45, 2.75) is 13.2 Å². The van der Waals surface area contributed by atoms with Crippen molar-refractivity contribution in [1.82, 2.24) is 9.55 Å². The van der Waals surface area contributed by atoms with Gasteiger partial charge in [0, 0.05) is 6.54 Å². The van der Waals surface area contributed by atoms with Crippen LogP contribution in [0.3, 0.4) is 0 Å². The zero-order valence-corrected chi connectivity index (χ0v) is 11.6. The molecule has 0 radical (unpaired) electrons. The molecule has 2 aromatic rings. The predicted molar refractivity (Wildman–Crippen MR) is 72.5 cm³/mol. The molecule has 0 aliphatic carbocycles. The largest absolute Gasteiger partial charge is 0.454 e. The number of benzene rings is 1. The van der Waals surface area contributed by atoms with Gasteiger partial charge in [0.2, 0.25) is 6.79 Å². The first-order valence-corrected chi connectivity index (χ1v) is 6.54. The summed E-state index contributed by atoms with van der Waals surface area (Å²) in [6.07, 6.45) is 1.73. The van der Waals surface area contributed by atoms with E-state index in [0.29, 0.717) is 6.54 Å². The van der Waals surface area contributed by atoms with Crippen LogP contribution in [0.2, 0.25) is 0 Å². The minimum Gasteiger partial charge on any atom is -0.454 e. The zero-order chi connectivity index (χ0) is 12.5. The van der Waals surface area contributed by atoms with E-state index in [4.69, 9.17) is 9.47 Å². The molecule has 0 spiro atoms. The third kappa shape index (κ3) is 2.05. The Morgan fingerprint density at radius 2 is 2.17 bits per heavy atom. The van der Waals surface area contributed by atoms with E-state index in [1.165, 1.54) is 0 Å². The fourth-order valence-electron chi connectivity index (χ4n) is 1.91. The Labute approximate surface area is 117 Å². The third-order valence-corrected chi connectivity index (χ3v) is 3.74. The number of imidazole rings is 1. The Morgan fingerprint density at radius 1 is 1.33 bits per heavy atom. The monoisotopic (exact) mass is 358 g/mol. The minimum atomic E-state index is -0.0111. The van der Waals surface area contributed by atoms with Crippen LogP contribution in [0.1, 0.15) is 11.3 Å². The average Bonchev–Trinajstić information content (AvgIpc) is 2.96. The molecular formula is C12H11IN2O3. The molecule has 1 aromatic heterocycles. The van der Waals surface area contributed by atoms with Crippen LogP contribution in [-0.2, 0) is 13.2 Å². The molecule has 0 saturated heterocycles. The number of ether oxygens (including phenoxy) is 2. The smallest absolute Gasteiger partial charge is 0.231 e. The van der Waals surface area contributed by atoms with Gasteiger partial charge in [-0.25, -0.2) is 4.98 Å². The molecule has 1 aromatic carbocycles. The van der Waals surface area contributed by atoms with Crippen molar-refractivity contribution in [2.75, 3.05) is 6.79 Å². The second-order valence-corrected chi connectivity index (χ2v) is 4.98. The number of hydrogen-bond acceptors (Lipinski definition) is 4. The van der Waals surface area contributed by atoms with E-state index in [9.17, 15) is 5.11 Å². The summed E-state index contributed by atoms with van der Waals surface area (Å²) in [5.41, 5.74) is 1.91. The van der Waals surface area contributed by atoms with Crippen molar-refractivity contribution in [3.63, 3.8) is 0 Å². The molecule has 3 rings (SSSR count). The maximum absolute atomic E-state index is 9.31. The van der Waals surface area contributed by atoms with Gasteiger partial charge in [0.15, 0.2) is 11.5 Å². The molecule has 1 aliphatic rings. The van der Waals surface area contributed by atoms with Gasteiger partial charge in [-0.1, -0.05) is 6.07 Å². The number of nitrogens with zero attached hydrogens (tertiary/aromatic N) is 2. The lowest BCUT2D eigenvalue weighted by Crippen LogP contribution is -2.04. The van der Waals surface area contributed by atoms with Crippen LogP contribution in [0.25, 0.3) is 0 Å². The van der Waals surface area contributed by atoms with Crippen LogP contribution in [0.5, 0.6) is 11.5 Å². The summed E-state index contributed by atoms with van der Waals surface area (Å²) in [5, 5.41) is 9.31. The summed E-state index contributed by atoms with van der Waals surface area (Å²) in [4.78, 5) is 4.19. The number of rotatable bonds is 3. The van der Waals surface area contributed by atoms with Crippen molar-refractivity contribution in [3.8, 4) is 11.5 Å². The Bertz CT molecular complexity index is 583. The maximum Gasteiger partial charge on any atom is 0.231 e. The van der Waals surface area contributed by atoms with E-state index in [2.05, 4.69) is 27.6 Å². The third-order valence-electron chi connectivity index (χ3n) is 2.83. The van der Waals surface area contributed by atoms with Crippen LogP contribution in [0.15, 0.2) is 24.5 Å². The molecule has 2 heterocycles.